The molecule has 2 aliphatic heterocycles. The molecule has 4 rings (SSSR count). The van der Waals surface area contributed by atoms with Crippen LogP contribution in [0.5, 0.6) is 5.75 Å². The molecule has 0 amide bonds. The molecule has 0 radical (unpaired) electrons. The van der Waals surface area contributed by atoms with Crippen molar-refractivity contribution in [1.29, 1.82) is 0 Å². The SMILES string of the molecule is CC1=C2[C@@H](CC/C(=C/c3ccc(O)cc3Cl)c3ccccc3)OC[C@@H]2S(=O)(=O)C1. The maximum atomic E-state index is 12.3. The standard InChI is InChI=1S/C23H23ClO4S/c1-15-14-29(26,27)22-13-28-21(23(15)22)10-8-17(16-5-3-2-4-6-16)11-18-7-9-19(25)12-20(18)24/h2-7,9,11-12,21-22,25H,8,10,13-14H2,1H3/b17-11-/t21-,22+/m1/s1. The van der Waals surface area contributed by atoms with Gasteiger partial charge in [-0.1, -0.05) is 47.5 Å². The maximum Gasteiger partial charge on any atom is 0.163 e. The zero-order valence-corrected chi connectivity index (χ0v) is 17.7. The van der Waals surface area contributed by atoms with Gasteiger partial charge in [0, 0.05) is 0 Å². The van der Waals surface area contributed by atoms with Gasteiger partial charge < -0.3 is 9.84 Å². The number of hydrogen-bond donors (Lipinski definition) is 1. The quantitative estimate of drug-likeness (QED) is 0.542. The lowest BCUT2D eigenvalue weighted by Crippen LogP contribution is -2.19. The van der Waals surface area contributed by atoms with Crippen molar-refractivity contribution >= 4 is 33.1 Å². The molecule has 6 heteroatoms. The van der Waals surface area contributed by atoms with Gasteiger partial charge in [-0.3, -0.25) is 0 Å². The summed E-state index contributed by atoms with van der Waals surface area (Å²) in [5.74, 6) is 0.279. The Morgan fingerprint density at radius 1 is 1.24 bits per heavy atom. The van der Waals surface area contributed by atoms with Crippen LogP contribution in [-0.2, 0) is 14.6 Å². The van der Waals surface area contributed by atoms with Crippen LogP contribution in [0.25, 0.3) is 11.6 Å². The molecule has 1 fully saturated rings. The van der Waals surface area contributed by atoms with E-state index < -0.39 is 15.1 Å². The Labute approximate surface area is 176 Å². The minimum atomic E-state index is -3.11. The predicted octanol–water partition coefficient (Wildman–Crippen LogP) is 4.88. The van der Waals surface area contributed by atoms with Crippen LogP contribution in [0.1, 0.15) is 30.9 Å². The third kappa shape index (κ3) is 4.13. The molecular weight excluding hydrogens is 408 g/mol. The molecule has 29 heavy (non-hydrogen) atoms. The Balaban J connectivity index is 1.61. The normalized spacial score (nSPS) is 23.4. The van der Waals surface area contributed by atoms with Crippen LogP contribution >= 0.6 is 11.6 Å². The number of benzene rings is 2. The molecule has 2 aliphatic rings. The average molecular weight is 431 g/mol. The molecule has 2 heterocycles. The summed E-state index contributed by atoms with van der Waals surface area (Å²) in [7, 11) is -3.11. The summed E-state index contributed by atoms with van der Waals surface area (Å²) >= 11 is 6.31. The van der Waals surface area contributed by atoms with Gasteiger partial charge in [-0.05, 0) is 66.3 Å². The lowest BCUT2D eigenvalue weighted by atomic mass is 9.94. The Morgan fingerprint density at radius 3 is 2.72 bits per heavy atom. The summed E-state index contributed by atoms with van der Waals surface area (Å²) in [6.07, 6.45) is 3.28. The molecule has 0 unspecified atom stereocenters. The number of phenolic OH excluding ortho intramolecular Hbond substituents is 1. The van der Waals surface area contributed by atoms with Crippen LogP contribution in [0.15, 0.2) is 59.7 Å². The third-order valence-electron chi connectivity index (χ3n) is 5.62. The van der Waals surface area contributed by atoms with E-state index in [9.17, 15) is 13.5 Å². The summed E-state index contributed by atoms with van der Waals surface area (Å²) in [6, 6.07) is 15.0. The van der Waals surface area contributed by atoms with Crippen molar-refractivity contribution in [2.75, 3.05) is 12.4 Å². The van der Waals surface area contributed by atoms with Gasteiger partial charge in [0.15, 0.2) is 9.84 Å². The number of ether oxygens (including phenoxy) is 1. The second kappa shape index (κ2) is 7.98. The van der Waals surface area contributed by atoms with Gasteiger partial charge in [0.25, 0.3) is 0 Å². The highest BCUT2D eigenvalue weighted by Gasteiger charge is 2.45. The zero-order chi connectivity index (χ0) is 20.6. The topological polar surface area (TPSA) is 63.6 Å². The monoisotopic (exact) mass is 430 g/mol. The van der Waals surface area contributed by atoms with Gasteiger partial charge in [0.1, 0.15) is 11.0 Å². The van der Waals surface area contributed by atoms with Crippen LogP contribution < -0.4 is 0 Å². The number of halogens is 1. The van der Waals surface area contributed by atoms with E-state index in [1.165, 1.54) is 6.07 Å². The van der Waals surface area contributed by atoms with Crippen molar-refractivity contribution in [3.05, 3.63) is 75.8 Å². The van der Waals surface area contributed by atoms with Crippen molar-refractivity contribution in [1.82, 2.24) is 0 Å². The highest BCUT2D eigenvalue weighted by atomic mass is 35.5. The number of rotatable bonds is 5. The number of aromatic hydroxyl groups is 1. The first-order chi connectivity index (χ1) is 13.8. The minimum Gasteiger partial charge on any atom is -0.508 e. The van der Waals surface area contributed by atoms with Crippen LogP contribution in [-0.4, -0.2) is 37.2 Å². The van der Waals surface area contributed by atoms with E-state index in [0.29, 0.717) is 11.4 Å². The van der Waals surface area contributed by atoms with Gasteiger partial charge in [0.2, 0.25) is 0 Å². The van der Waals surface area contributed by atoms with Crippen molar-refractivity contribution in [3.8, 4) is 5.75 Å². The molecule has 0 saturated carbocycles. The summed E-state index contributed by atoms with van der Waals surface area (Å²) in [5, 5.41) is 9.63. The number of phenols is 1. The Morgan fingerprint density at radius 2 is 2.00 bits per heavy atom. The molecule has 1 N–H and O–H groups in total. The summed E-state index contributed by atoms with van der Waals surface area (Å²) in [6.45, 7) is 2.16. The first-order valence-electron chi connectivity index (χ1n) is 9.62. The Kier molecular flexibility index (Phi) is 5.56. The molecule has 0 spiro atoms. The molecule has 4 nitrogen and oxygen atoms in total. The Hall–Kier alpha value is -2.08. The Bertz CT molecular complexity index is 1090. The van der Waals surface area contributed by atoms with E-state index >= 15 is 0 Å². The lowest BCUT2D eigenvalue weighted by Gasteiger charge is -2.15. The molecule has 0 bridgehead atoms. The first kappa shape index (κ1) is 20.2. The van der Waals surface area contributed by atoms with Gasteiger partial charge in [-0.25, -0.2) is 8.42 Å². The van der Waals surface area contributed by atoms with Crippen molar-refractivity contribution < 1.29 is 18.3 Å². The molecular formula is C23H23ClO4S. The first-order valence-corrected chi connectivity index (χ1v) is 11.7. The van der Waals surface area contributed by atoms with Gasteiger partial charge in [-0.15, -0.1) is 0 Å². The van der Waals surface area contributed by atoms with Crippen LogP contribution in [0.4, 0.5) is 0 Å². The lowest BCUT2D eigenvalue weighted by molar-refractivity contribution is 0.118. The molecule has 2 aromatic rings. The fraction of sp³-hybridized carbons (Fsp3) is 0.304. The number of fused-ring (bicyclic) bond motifs is 1. The predicted molar refractivity (Wildman–Crippen MR) is 117 cm³/mol. The van der Waals surface area contributed by atoms with Crippen LogP contribution in [0, 0.1) is 0 Å². The van der Waals surface area contributed by atoms with E-state index in [-0.39, 0.29) is 24.2 Å². The number of sulfone groups is 1. The van der Waals surface area contributed by atoms with Crippen molar-refractivity contribution in [3.63, 3.8) is 0 Å². The van der Waals surface area contributed by atoms with Crippen molar-refractivity contribution in [2.45, 2.75) is 31.1 Å². The summed E-state index contributed by atoms with van der Waals surface area (Å²) < 4.78 is 30.5. The van der Waals surface area contributed by atoms with E-state index in [0.717, 1.165) is 34.3 Å². The molecule has 2 aromatic carbocycles. The highest BCUT2D eigenvalue weighted by Crippen LogP contribution is 2.39. The molecule has 1 saturated heterocycles. The van der Waals surface area contributed by atoms with Crippen molar-refractivity contribution in [2.24, 2.45) is 0 Å². The summed E-state index contributed by atoms with van der Waals surface area (Å²) in [5.41, 5.74) is 4.89. The fourth-order valence-corrected chi connectivity index (χ4v) is 6.45. The molecule has 0 aliphatic carbocycles. The second-order valence-corrected chi connectivity index (χ2v) is 10.2. The van der Waals surface area contributed by atoms with Gasteiger partial charge in [0.05, 0.1) is 23.5 Å². The minimum absolute atomic E-state index is 0.128. The number of allylic oxidation sites excluding steroid dienone is 1. The largest absolute Gasteiger partial charge is 0.508 e. The number of hydrogen-bond acceptors (Lipinski definition) is 4. The maximum absolute atomic E-state index is 12.3. The second-order valence-electron chi connectivity index (χ2n) is 7.63. The zero-order valence-electron chi connectivity index (χ0n) is 16.1. The van der Waals surface area contributed by atoms with E-state index in [2.05, 4.69) is 0 Å². The van der Waals surface area contributed by atoms with E-state index in [4.69, 9.17) is 16.3 Å². The summed E-state index contributed by atoms with van der Waals surface area (Å²) in [4.78, 5) is 0. The average Bonchev–Trinajstić information content (AvgIpc) is 3.21. The molecule has 2 atom stereocenters. The van der Waals surface area contributed by atoms with Crippen LogP contribution in [0.3, 0.4) is 0 Å². The van der Waals surface area contributed by atoms with Crippen LogP contribution in [0.2, 0.25) is 5.02 Å². The van der Waals surface area contributed by atoms with E-state index in [1.54, 1.807) is 12.1 Å². The van der Waals surface area contributed by atoms with E-state index in [1.807, 2.05) is 43.3 Å². The third-order valence-corrected chi connectivity index (χ3v) is 8.04. The smallest absolute Gasteiger partial charge is 0.163 e. The molecule has 0 aromatic heterocycles. The van der Waals surface area contributed by atoms with Gasteiger partial charge >= 0.3 is 0 Å². The van der Waals surface area contributed by atoms with Gasteiger partial charge in [-0.2, -0.15) is 0 Å². The highest BCUT2D eigenvalue weighted by molar-refractivity contribution is 7.92. The molecule has 152 valence electrons. The fourth-order valence-electron chi connectivity index (χ4n) is 4.22.